The molecule has 0 aliphatic carbocycles. The van der Waals surface area contributed by atoms with E-state index in [1.165, 1.54) is 18.2 Å². The largest absolute Gasteiger partial charge is 0.467 e. The summed E-state index contributed by atoms with van der Waals surface area (Å²) >= 11 is 1.45. The molecule has 1 aliphatic rings. The van der Waals surface area contributed by atoms with E-state index in [9.17, 15) is 4.79 Å². The first-order valence-corrected chi connectivity index (χ1v) is 12.8. The molecule has 3 aromatic rings. The summed E-state index contributed by atoms with van der Waals surface area (Å²) in [5.41, 5.74) is 1.14. The molecule has 0 bridgehead atoms. The van der Waals surface area contributed by atoms with Crippen molar-refractivity contribution in [3.05, 3.63) is 60.1 Å². The second kappa shape index (κ2) is 11.4. The second-order valence-electron chi connectivity index (χ2n) is 8.52. The van der Waals surface area contributed by atoms with Crippen LogP contribution >= 0.6 is 11.8 Å². The first-order valence-electron chi connectivity index (χ1n) is 11.9. The lowest BCUT2D eigenvalue weighted by atomic mass is 10.0. The van der Waals surface area contributed by atoms with Gasteiger partial charge in [-0.3, -0.25) is 9.36 Å². The number of hydrogen-bond donors (Lipinski definition) is 1. The Morgan fingerprint density at radius 2 is 1.91 bits per heavy atom. The summed E-state index contributed by atoms with van der Waals surface area (Å²) in [7, 11) is 0. The fourth-order valence-electron chi connectivity index (χ4n) is 4.19. The summed E-state index contributed by atoms with van der Waals surface area (Å²) in [6, 6.07) is 14.0. The Morgan fingerprint density at radius 1 is 1.12 bits per heavy atom. The van der Waals surface area contributed by atoms with E-state index in [2.05, 4.69) is 44.0 Å². The molecule has 2 atom stereocenters. The van der Waals surface area contributed by atoms with Gasteiger partial charge in [0.2, 0.25) is 11.9 Å². The predicted octanol–water partition coefficient (Wildman–Crippen LogP) is 5.05. The highest BCUT2D eigenvalue weighted by Crippen LogP contribution is 2.29. The molecule has 8 heteroatoms. The van der Waals surface area contributed by atoms with Crippen molar-refractivity contribution in [2.45, 2.75) is 68.9 Å². The fraction of sp³-hybridized carbons (Fsp3) is 0.480. The Hall–Kier alpha value is -2.74. The van der Waals surface area contributed by atoms with Crippen LogP contribution in [0.3, 0.4) is 0 Å². The Kier molecular flexibility index (Phi) is 8.10. The van der Waals surface area contributed by atoms with Gasteiger partial charge in [0.25, 0.3) is 0 Å². The number of piperidine rings is 1. The van der Waals surface area contributed by atoms with Gasteiger partial charge in [0.15, 0.2) is 5.16 Å². The molecule has 0 saturated carbocycles. The first-order chi connectivity index (χ1) is 16.2. The Bertz CT molecular complexity index is 999. The minimum Gasteiger partial charge on any atom is -0.467 e. The van der Waals surface area contributed by atoms with Gasteiger partial charge in [-0.25, -0.2) is 0 Å². The average Bonchev–Trinajstić information content (AvgIpc) is 3.50. The zero-order valence-electron chi connectivity index (χ0n) is 19.4. The van der Waals surface area contributed by atoms with E-state index in [0.717, 1.165) is 61.2 Å². The smallest absolute Gasteiger partial charge is 0.233 e. The lowest BCUT2D eigenvalue weighted by Gasteiger charge is -2.27. The van der Waals surface area contributed by atoms with Crippen LogP contribution in [0, 0.1) is 0 Å². The van der Waals surface area contributed by atoms with E-state index >= 15 is 0 Å². The normalized spacial score (nSPS) is 15.9. The summed E-state index contributed by atoms with van der Waals surface area (Å²) < 4.78 is 7.68. The van der Waals surface area contributed by atoms with E-state index in [0.29, 0.717) is 6.54 Å². The van der Waals surface area contributed by atoms with Gasteiger partial charge in [-0.1, -0.05) is 55.4 Å². The van der Waals surface area contributed by atoms with Crippen molar-refractivity contribution in [3.63, 3.8) is 0 Å². The van der Waals surface area contributed by atoms with Crippen LogP contribution in [0.5, 0.6) is 0 Å². The van der Waals surface area contributed by atoms with Crippen LogP contribution in [0.1, 0.15) is 63.3 Å². The van der Waals surface area contributed by atoms with Crippen molar-refractivity contribution in [1.29, 1.82) is 0 Å². The number of anilines is 1. The highest BCUT2D eigenvalue weighted by atomic mass is 32.2. The van der Waals surface area contributed by atoms with Gasteiger partial charge < -0.3 is 14.6 Å². The monoisotopic (exact) mass is 467 g/mol. The number of nitrogens with one attached hydrogen (secondary N) is 1. The molecule has 1 N–H and O–H groups in total. The molecule has 1 fully saturated rings. The second-order valence-corrected chi connectivity index (χ2v) is 9.82. The molecule has 1 saturated heterocycles. The molecule has 7 nitrogen and oxygen atoms in total. The van der Waals surface area contributed by atoms with Crippen LogP contribution < -0.4 is 10.2 Å². The summed E-state index contributed by atoms with van der Waals surface area (Å²) in [6.45, 7) is 6.57. The molecule has 0 spiro atoms. The maximum absolute atomic E-state index is 13.1. The van der Waals surface area contributed by atoms with Crippen molar-refractivity contribution < 1.29 is 9.21 Å². The molecular weight excluding hydrogens is 434 g/mol. The highest BCUT2D eigenvalue weighted by Gasteiger charge is 2.25. The van der Waals surface area contributed by atoms with Gasteiger partial charge in [-0.15, -0.1) is 10.2 Å². The van der Waals surface area contributed by atoms with Gasteiger partial charge >= 0.3 is 0 Å². The SMILES string of the molecule is CCCC(NC(=O)C(C)Sc1nnc(N2CCCCC2)n1Cc1ccco1)c1ccccc1. The Balaban J connectivity index is 1.49. The zero-order valence-corrected chi connectivity index (χ0v) is 20.3. The zero-order chi connectivity index (χ0) is 23.0. The van der Waals surface area contributed by atoms with Gasteiger partial charge in [-0.05, 0) is 50.3 Å². The average molecular weight is 468 g/mol. The molecular formula is C25H33N5O2S. The minimum absolute atomic E-state index is 0.00868. The summed E-state index contributed by atoms with van der Waals surface area (Å²) in [6.07, 6.45) is 7.15. The summed E-state index contributed by atoms with van der Waals surface area (Å²) in [5, 5.41) is 12.7. The molecule has 33 heavy (non-hydrogen) atoms. The number of aromatic nitrogens is 3. The summed E-state index contributed by atoms with van der Waals surface area (Å²) in [5.74, 6) is 1.71. The standard InChI is InChI=1S/C25H33N5O2S/c1-3-11-22(20-12-6-4-7-13-20)26-23(31)19(2)33-25-28-27-24(29-15-8-5-9-16-29)30(25)18-21-14-10-17-32-21/h4,6-7,10,12-14,17,19,22H,3,5,8-9,11,15-16,18H2,1-2H3,(H,26,31). The van der Waals surface area contributed by atoms with Gasteiger partial charge in [0.1, 0.15) is 5.76 Å². The minimum atomic E-state index is -0.304. The van der Waals surface area contributed by atoms with Crippen LogP contribution in [0.15, 0.2) is 58.3 Å². The molecule has 4 rings (SSSR count). The molecule has 1 aromatic carbocycles. The van der Waals surface area contributed by atoms with E-state index < -0.39 is 0 Å². The van der Waals surface area contributed by atoms with E-state index in [4.69, 9.17) is 4.42 Å². The fourth-order valence-corrected chi connectivity index (χ4v) is 5.04. The van der Waals surface area contributed by atoms with E-state index in [-0.39, 0.29) is 17.2 Å². The third-order valence-electron chi connectivity index (χ3n) is 5.98. The van der Waals surface area contributed by atoms with Gasteiger partial charge in [0.05, 0.1) is 24.1 Å². The predicted molar refractivity (Wildman–Crippen MR) is 131 cm³/mol. The molecule has 176 valence electrons. The maximum Gasteiger partial charge on any atom is 0.233 e. The van der Waals surface area contributed by atoms with E-state index in [1.807, 2.05) is 37.3 Å². The van der Waals surface area contributed by atoms with Crippen molar-refractivity contribution >= 4 is 23.6 Å². The highest BCUT2D eigenvalue weighted by molar-refractivity contribution is 8.00. The Labute approximate surface area is 199 Å². The van der Waals surface area contributed by atoms with Crippen LogP contribution in [-0.2, 0) is 11.3 Å². The molecule has 1 amide bonds. The number of hydrogen-bond acceptors (Lipinski definition) is 6. The van der Waals surface area contributed by atoms with Crippen molar-refractivity contribution in [2.75, 3.05) is 18.0 Å². The van der Waals surface area contributed by atoms with Crippen molar-refractivity contribution in [1.82, 2.24) is 20.1 Å². The topological polar surface area (TPSA) is 76.2 Å². The maximum atomic E-state index is 13.1. The van der Waals surface area contributed by atoms with Crippen molar-refractivity contribution in [2.24, 2.45) is 0 Å². The number of carbonyl (C=O) groups is 1. The van der Waals surface area contributed by atoms with Crippen LogP contribution in [-0.4, -0.2) is 39.0 Å². The number of nitrogens with zero attached hydrogens (tertiary/aromatic N) is 4. The third-order valence-corrected chi connectivity index (χ3v) is 7.06. The number of thioether (sulfide) groups is 1. The van der Waals surface area contributed by atoms with Gasteiger partial charge in [-0.2, -0.15) is 0 Å². The van der Waals surface area contributed by atoms with Crippen LogP contribution in [0.25, 0.3) is 0 Å². The molecule has 0 radical (unpaired) electrons. The number of amides is 1. The molecule has 3 heterocycles. The Morgan fingerprint density at radius 3 is 2.61 bits per heavy atom. The number of benzene rings is 1. The third kappa shape index (κ3) is 5.99. The lowest BCUT2D eigenvalue weighted by Crippen LogP contribution is -2.34. The molecule has 2 unspecified atom stereocenters. The first kappa shape index (κ1) is 23.4. The summed E-state index contributed by atoms with van der Waals surface area (Å²) in [4.78, 5) is 15.4. The number of rotatable bonds is 10. The lowest BCUT2D eigenvalue weighted by molar-refractivity contribution is -0.121. The van der Waals surface area contributed by atoms with Crippen LogP contribution in [0.2, 0.25) is 0 Å². The molecule has 2 aromatic heterocycles. The van der Waals surface area contributed by atoms with Crippen molar-refractivity contribution in [3.8, 4) is 0 Å². The molecule has 1 aliphatic heterocycles. The van der Waals surface area contributed by atoms with Gasteiger partial charge in [0, 0.05) is 13.1 Å². The number of furan rings is 1. The van der Waals surface area contributed by atoms with E-state index in [1.54, 1.807) is 6.26 Å². The quantitative estimate of drug-likeness (QED) is 0.421. The number of carbonyl (C=O) groups excluding carboxylic acids is 1. The van der Waals surface area contributed by atoms with Crippen LogP contribution in [0.4, 0.5) is 5.95 Å².